The molecule has 2 rings (SSSR count). The Morgan fingerprint density at radius 3 is 2.60 bits per heavy atom. The first-order valence-corrected chi connectivity index (χ1v) is 7.70. The van der Waals surface area contributed by atoms with Crippen LogP contribution in [-0.4, -0.2) is 28.5 Å². The zero-order chi connectivity index (χ0) is 14.5. The van der Waals surface area contributed by atoms with Crippen LogP contribution in [0, 0.1) is 6.92 Å². The Morgan fingerprint density at radius 1 is 1.35 bits per heavy atom. The highest BCUT2D eigenvalue weighted by atomic mass is 32.2. The van der Waals surface area contributed by atoms with E-state index in [0.717, 1.165) is 15.7 Å². The molecular weight excluding hydrogens is 294 g/mol. The maximum Gasteiger partial charge on any atom is 0.239 e. The summed E-state index contributed by atoms with van der Waals surface area (Å²) in [5, 5.41) is 11.7. The van der Waals surface area contributed by atoms with Gasteiger partial charge in [-0.3, -0.25) is 10.1 Å². The second kappa shape index (κ2) is 6.71. The number of hydrogen-bond acceptors (Lipinski definition) is 6. The van der Waals surface area contributed by atoms with E-state index in [2.05, 4.69) is 15.5 Å². The Kier molecular flexibility index (Phi) is 4.97. The molecule has 0 aliphatic carbocycles. The number of ether oxygens (including phenoxy) is 1. The highest BCUT2D eigenvalue weighted by molar-refractivity contribution is 8.00. The topological polar surface area (TPSA) is 64.1 Å². The molecule has 1 aromatic heterocycles. The third-order valence-electron chi connectivity index (χ3n) is 2.50. The molecule has 1 N–H and O–H groups in total. The first-order valence-electron chi connectivity index (χ1n) is 6.00. The van der Waals surface area contributed by atoms with Crippen molar-refractivity contribution in [1.29, 1.82) is 0 Å². The predicted molar refractivity (Wildman–Crippen MR) is 81.6 cm³/mol. The van der Waals surface area contributed by atoms with E-state index in [0.29, 0.717) is 5.13 Å². The van der Waals surface area contributed by atoms with Crippen LogP contribution in [0.1, 0.15) is 11.9 Å². The van der Waals surface area contributed by atoms with Gasteiger partial charge in [0.05, 0.1) is 12.4 Å². The molecule has 1 atom stereocenters. The molecule has 1 unspecified atom stereocenters. The van der Waals surface area contributed by atoms with Gasteiger partial charge in [0.1, 0.15) is 10.8 Å². The lowest BCUT2D eigenvalue weighted by Gasteiger charge is -2.10. The van der Waals surface area contributed by atoms with Gasteiger partial charge in [0.2, 0.25) is 11.0 Å². The number of hydrogen-bond donors (Lipinski definition) is 1. The van der Waals surface area contributed by atoms with E-state index in [1.807, 2.05) is 38.1 Å². The van der Waals surface area contributed by atoms with Gasteiger partial charge in [-0.1, -0.05) is 11.3 Å². The van der Waals surface area contributed by atoms with Crippen molar-refractivity contribution in [2.24, 2.45) is 0 Å². The van der Waals surface area contributed by atoms with E-state index >= 15 is 0 Å². The number of amides is 1. The average Bonchev–Trinajstić information content (AvgIpc) is 2.85. The number of rotatable bonds is 5. The summed E-state index contributed by atoms with van der Waals surface area (Å²) in [6.07, 6.45) is 0. The van der Waals surface area contributed by atoms with Crippen molar-refractivity contribution >= 4 is 34.1 Å². The van der Waals surface area contributed by atoms with Crippen molar-refractivity contribution < 1.29 is 9.53 Å². The van der Waals surface area contributed by atoms with Crippen molar-refractivity contribution in [3.8, 4) is 5.75 Å². The van der Waals surface area contributed by atoms with Gasteiger partial charge in [0, 0.05) is 4.90 Å². The van der Waals surface area contributed by atoms with Gasteiger partial charge in [-0.15, -0.1) is 22.0 Å². The Morgan fingerprint density at radius 2 is 2.05 bits per heavy atom. The van der Waals surface area contributed by atoms with Crippen molar-refractivity contribution in [1.82, 2.24) is 10.2 Å². The van der Waals surface area contributed by atoms with E-state index in [1.165, 1.54) is 23.1 Å². The number of methoxy groups -OCH3 is 1. The average molecular weight is 309 g/mol. The molecular formula is C13H15N3O2S2. The highest BCUT2D eigenvalue weighted by Crippen LogP contribution is 2.26. The van der Waals surface area contributed by atoms with Crippen molar-refractivity contribution in [3.05, 3.63) is 29.3 Å². The summed E-state index contributed by atoms with van der Waals surface area (Å²) in [6, 6.07) is 7.62. The Hall–Kier alpha value is -1.60. The zero-order valence-electron chi connectivity index (χ0n) is 11.4. The fourth-order valence-corrected chi connectivity index (χ4v) is 2.93. The first kappa shape index (κ1) is 14.8. The number of carbonyl (C=O) groups excluding carboxylic acids is 1. The van der Waals surface area contributed by atoms with E-state index in [4.69, 9.17) is 4.74 Å². The van der Waals surface area contributed by atoms with Crippen LogP contribution in [0.15, 0.2) is 29.2 Å². The fraction of sp³-hybridized carbons (Fsp3) is 0.308. The van der Waals surface area contributed by atoms with Crippen LogP contribution in [0.4, 0.5) is 5.13 Å². The van der Waals surface area contributed by atoms with Gasteiger partial charge in [0.25, 0.3) is 0 Å². The minimum Gasteiger partial charge on any atom is -0.497 e. The highest BCUT2D eigenvalue weighted by Gasteiger charge is 2.16. The van der Waals surface area contributed by atoms with E-state index in [9.17, 15) is 4.79 Å². The molecule has 106 valence electrons. The number of aromatic nitrogens is 2. The van der Waals surface area contributed by atoms with Crippen LogP contribution < -0.4 is 10.1 Å². The maximum absolute atomic E-state index is 12.0. The van der Waals surface area contributed by atoms with Crippen molar-refractivity contribution in [3.63, 3.8) is 0 Å². The largest absolute Gasteiger partial charge is 0.497 e. The molecule has 0 aliphatic rings. The monoisotopic (exact) mass is 309 g/mol. The van der Waals surface area contributed by atoms with Gasteiger partial charge in [-0.25, -0.2) is 0 Å². The molecule has 1 aromatic carbocycles. The number of aryl methyl sites for hydroxylation is 1. The molecule has 0 aliphatic heterocycles. The molecule has 0 bridgehead atoms. The number of thioether (sulfide) groups is 1. The van der Waals surface area contributed by atoms with Gasteiger partial charge in [-0.05, 0) is 38.1 Å². The molecule has 1 heterocycles. The molecule has 7 heteroatoms. The zero-order valence-corrected chi connectivity index (χ0v) is 13.0. The van der Waals surface area contributed by atoms with E-state index in [1.54, 1.807) is 7.11 Å². The lowest BCUT2D eigenvalue weighted by molar-refractivity contribution is -0.115. The Bertz CT molecular complexity index is 584. The maximum atomic E-state index is 12.0. The third-order valence-corrected chi connectivity index (χ3v) is 4.36. The molecule has 20 heavy (non-hydrogen) atoms. The lowest BCUT2D eigenvalue weighted by atomic mass is 10.3. The standard InChI is InChI=1S/C13H15N3O2S2/c1-8(12(17)14-13-16-15-9(2)20-13)19-11-6-4-10(18-3)5-7-11/h4-8H,1-3H3,(H,14,16,17). The van der Waals surface area contributed by atoms with Crippen LogP contribution in [0.2, 0.25) is 0 Å². The van der Waals surface area contributed by atoms with Crippen LogP contribution >= 0.6 is 23.1 Å². The third kappa shape index (κ3) is 3.94. The molecule has 0 saturated heterocycles. The quantitative estimate of drug-likeness (QED) is 0.860. The minimum atomic E-state index is -0.215. The van der Waals surface area contributed by atoms with Gasteiger partial charge in [0.15, 0.2) is 0 Å². The number of nitrogens with one attached hydrogen (secondary N) is 1. The summed E-state index contributed by atoms with van der Waals surface area (Å²) in [5.41, 5.74) is 0. The summed E-state index contributed by atoms with van der Waals surface area (Å²) in [6.45, 7) is 3.71. The Labute approximate surface area is 125 Å². The SMILES string of the molecule is COc1ccc(SC(C)C(=O)Nc2nnc(C)s2)cc1. The number of anilines is 1. The summed E-state index contributed by atoms with van der Waals surface area (Å²) < 4.78 is 5.10. The predicted octanol–water partition coefficient (Wildman–Crippen LogP) is 2.97. The molecule has 0 saturated carbocycles. The van der Waals surface area contributed by atoms with Crippen LogP contribution in [-0.2, 0) is 4.79 Å². The molecule has 1 amide bonds. The fourth-order valence-electron chi connectivity index (χ4n) is 1.47. The Balaban J connectivity index is 1.92. The second-order valence-electron chi connectivity index (χ2n) is 4.05. The molecule has 2 aromatic rings. The van der Waals surface area contributed by atoms with Gasteiger partial charge >= 0.3 is 0 Å². The van der Waals surface area contributed by atoms with Crippen LogP contribution in [0.3, 0.4) is 0 Å². The summed E-state index contributed by atoms with van der Waals surface area (Å²) in [5.74, 6) is 0.720. The number of nitrogens with zero attached hydrogens (tertiary/aromatic N) is 2. The van der Waals surface area contributed by atoms with Crippen molar-refractivity contribution in [2.75, 3.05) is 12.4 Å². The van der Waals surface area contributed by atoms with Crippen LogP contribution in [0.5, 0.6) is 5.75 Å². The molecule has 0 spiro atoms. The first-order chi connectivity index (χ1) is 9.58. The summed E-state index contributed by atoms with van der Waals surface area (Å²) >= 11 is 2.85. The molecule has 5 nitrogen and oxygen atoms in total. The smallest absolute Gasteiger partial charge is 0.239 e. The molecule has 0 radical (unpaired) electrons. The minimum absolute atomic E-state index is 0.0815. The van der Waals surface area contributed by atoms with E-state index < -0.39 is 0 Å². The lowest BCUT2D eigenvalue weighted by Crippen LogP contribution is -2.22. The van der Waals surface area contributed by atoms with E-state index in [-0.39, 0.29) is 11.2 Å². The normalized spacial score (nSPS) is 11.9. The number of benzene rings is 1. The second-order valence-corrected chi connectivity index (χ2v) is 6.65. The summed E-state index contributed by atoms with van der Waals surface area (Å²) in [4.78, 5) is 13.0. The van der Waals surface area contributed by atoms with Crippen molar-refractivity contribution in [2.45, 2.75) is 24.0 Å². The van der Waals surface area contributed by atoms with Gasteiger partial charge < -0.3 is 4.74 Å². The van der Waals surface area contributed by atoms with Gasteiger partial charge in [-0.2, -0.15) is 0 Å². The summed E-state index contributed by atoms with van der Waals surface area (Å²) in [7, 11) is 1.63. The van der Waals surface area contributed by atoms with Crippen LogP contribution in [0.25, 0.3) is 0 Å². The molecule has 0 fully saturated rings. The number of carbonyl (C=O) groups is 1.